The first-order chi connectivity index (χ1) is 13.1. The number of benzene rings is 2. The predicted molar refractivity (Wildman–Crippen MR) is 99.4 cm³/mol. The number of carbonyl (C=O) groups excluding carboxylic acids is 1. The average molecular weight is 366 g/mol. The first kappa shape index (κ1) is 17.2. The van der Waals surface area contributed by atoms with Gasteiger partial charge in [0.2, 0.25) is 0 Å². The lowest BCUT2D eigenvalue weighted by atomic mass is 10.0. The highest BCUT2D eigenvalue weighted by atomic mass is 19.1. The molecule has 2 heterocycles. The summed E-state index contributed by atoms with van der Waals surface area (Å²) in [6, 6.07) is 15.6. The van der Waals surface area contributed by atoms with Crippen molar-refractivity contribution >= 4 is 11.7 Å². The van der Waals surface area contributed by atoms with E-state index in [2.05, 4.69) is 10.2 Å². The maximum Gasteiger partial charge on any atom is 0.272 e. The molecular formula is C20H19FN4O2. The summed E-state index contributed by atoms with van der Waals surface area (Å²) in [6.07, 6.45) is -0.302. The van der Waals surface area contributed by atoms with E-state index in [1.54, 1.807) is 17.0 Å². The summed E-state index contributed by atoms with van der Waals surface area (Å²) in [5.41, 5.74) is 8.63. The van der Waals surface area contributed by atoms with Crippen LogP contribution in [0.3, 0.4) is 0 Å². The molecule has 1 unspecified atom stereocenters. The molecule has 0 radical (unpaired) electrons. The Labute approximate surface area is 155 Å². The first-order valence-corrected chi connectivity index (χ1v) is 8.69. The van der Waals surface area contributed by atoms with Crippen LogP contribution in [0.25, 0.3) is 11.1 Å². The number of aromatic amines is 1. The molecule has 1 saturated heterocycles. The SMILES string of the molecule is Nc1n[nH]c(C(=O)N2CCOC(c3ccc(F)cc3)C2)c1-c1ccccc1. The maximum atomic E-state index is 13.2. The lowest BCUT2D eigenvalue weighted by Crippen LogP contribution is -2.42. The number of nitrogen functional groups attached to an aromatic ring is 1. The highest BCUT2D eigenvalue weighted by molar-refractivity contribution is 6.01. The number of anilines is 1. The molecule has 0 spiro atoms. The number of ether oxygens (including phenoxy) is 1. The van der Waals surface area contributed by atoms with Gasteiger partial charge in [0.05, 0.1) is 18.7 Å². The number of halogens is 1. The molecular weight excluding hydrogens is 347 g/mol. The van der Waals surface area contributed by atoms with Crippen molar-refractivity contribution in [3.8, 4) is 11.1 Å². The van der Waals surface area contributed by atoms with E-state index in [1.807, 2.05) is 30.3 Å². The fourth-order valence-electron chi connectivity index (χ4n) is 3.28. The third-order valence-corrected chi connectivity index (χ3v) is 4.67. The van der Waals surface area contributed by atoms with E-state index >= 15 is 0 Å². The zero-order chi connectivity index (χ0) is 18.8. The Morgan fingerprint density at radius 1 is 1.19 bits per heavy atom. The molecule has 2 aromatic carbocycles. The summed E-state index contributed by atoms with van der Waals surface area (Å²) in [4.78, 5) is 14.8. The third kappa shape index (κ3) is 3.41. The molecule has 0 bridgehead atoms. The lowest BCUT2D eigenvalue weighted by Gasteiger charge is -2.33. The Kier molecular flexibility index (Phi) is 4.60. The molecule has 4 rings (SSSR count). The summed E-state index contributed by atoms with van der Waals surface area (Å²) in [7, 11) is 0. The molecule has 27 heavy (non-hydrogen) atoms. The van der Waals surface area contributed by atoms with Gasteiger partial charge in [-0.25, -0.2) is 4.39 Å². The Balaban J connectivity index is 1.59. The van der Waals surface area contributed by atoms with E-state index < -0.39 is 0 Å². The number of nitrogens with zero attached hydrogens (tertiary/aromatic N) is 2. The largest absolute Gasteiger partial charge is 0.382 e. The van der Waals surface area contributed by atoms with Gasteiger partial charge in [-0.15, -0.1) is 0 Å². The topological polar surface area (TPSA) is 84.2 Å². The van der Waals surface area contributed by atoms with Crippen LogP contribution in [0, 0.1) is 5.82 Å². The van der Waals surface area contributed by atoms with Gasteiger partial charge in [0.25, 0.3) is 5.91 Å². The van der Waals surface area contributed by atoms with Gasteiger partial charge < -0.3 is 15.4 Å². The van der Waals surface area contributed by atoms with Crippen molar-refractivity contribution in [1.29, 1.82) is 0 Å². The van der Waals surface area contributed by atoms with Crippen LogP contribution in [0.5, 0.6) is 0 Å². The van der Waals surface area contributed by atoms with E-state index in [0.29, 0.717) is 31.0 Å². The fraction of sp³-hybridized carbons (Fsp3) is 0.200. The number of morpholine rings is 1. The minimum Gasteiger partial charge on any atom is -0.382 e. The highest BCUT2D eigenvalue weighted by Crippen LogP contribution is 2.30. The highest BCUT2D eigenvalue weighted by Gasteiger charge is 2.29. The predicted octanol–water partition coefficient (Wildman–Crippen LogP) is 3.01. The zero-order valence-corrected chi connectivity index (χ0v) is 14.6. The van der Waals surface area contributed by atoms with Crippen molar-refractivity contribution in [2.45, 2.75) is 6.10 Å². The first-order valence-electron chi connectivity index (χ1n) is 8.69. The van der Waals surface area contributed by atoms with E-state index in [-0.39, 0.29) is 23.6 Å². The number of hydrogen-bond acceptors (Lipinski definition) is 4. The molecule has 138 valence electrons. The summed E-state index contributed by atoms with van der Waals surface area (Å²) in [5.74, 6) is -0.204. The molecule has 1 fully saturated rings. The minimum atomic E-state index is -0.303. The second kappa shape index (κ2) is 7.20. The van der Waals surface area contributed by atoms with Gasteiger partial charge in [-0.2, -0.15) is 5.10 Å². The molecule has 6 nitrogen and oxygen atoms in total. The van der Waals surface area contributed by atoms with Crippen molar-refractivity contribution in [2.24, 2.45) is 0 Å². The van der Waals surface area contributed by atoms with Gasteiger partial charge in [0.15, 0.2) is 5.82 Å². The maximum absolute atomic E-state index is 13.2. The molecule has 1 atom stereocenters. The molecule has 7 heteroatoms. The standard InChI is InChI=1S/C20H19FN4O2/c21-15-8-6-13(7-9-15)16-12-25(10-11-27-16)20(26)18-17(19(22)24-23-18)14-4-2-1-3-5-14/h1-9,16H,10-12H2,(H3,22,23,24). The summed E-state index contributed by atoms with van der Waals surface area (Å²) < 4.78 is 18.9. The number of nitrogens with two attached hydrogens (primary N) is 1. The molecule has 3 aromatic rings. The van der Waals surface area contributed by atoms with Crippen molar-refractivity contribution in [1.82, 2.24) is 15.1 Å². The van der Waals surface area contributed by atoms with Crippen molar-refractivity contribution in [2.75, 3.05) is 25.4 Å². The van der Waals surface area contributed by atoms with Gasteiger partial charge in [-0.3, -0.25) is 9.89 Å². The molecule has 0 aliphatic carbocycles. The minimum absolute atomic E-state index is 0.187. The Hall–Kier alpha value is -3.19. The zero-order valence-electron chi connectivity index (χ0n) is 14.6. The molecule has 1 aliphatic heterocycles. The number of hydrogen-bond donors (Lipinski definition) is 2. The fourth-order valence-corrected chi connectivity index (χ4v) is 3.28. The summed E-state index contributed by atoms with van der Waals surface area (Å²) >= 11 is 0. The van der Waals surface area contributed by atoms with Crippen molar-refractivity contribution < 1.29 is 13.9 Å². The molecule has 1 aromatic heterocycles. The quantitative estimate of drug-likeness (QED) is 0.746. The van der Waals surface area contributed by atoms with Crippen LogP contribution in [0.2, 0.25) is 0 Å². The van der Waals surface area contributed by atoms with Crippen molar-refractivity contribution in [3.05, 3.63) is 71.7 Å². The third-order valence-electron chi connectivity index (χ3n) is 4.67. The second-order valence-corrected chi connectivity index (χ2v) is 6.39. The van der Waals surface area contributed by atoms with Crippen LogP contribution in [0.15, 0.2) is 54.6 Å². The van der Waals surface area contributed by atoms with E-state index in [4.69, 9.17) is 10.5 Å². The van der Waals surface area contributed by atoms with Gasteiger partial charge in [-0.05, 0) is 23.3 Å². The Bertz CT molecular complexity index is 940. The normalized spacial score (nSPS) is 17.1. The van der Waals surface area contributed by atoms with Crippen LogP contribution in [-0.2, 0) is 4.74 Å². The molecule has 0 saturated carbocycles. The lowest BCUT2D eigenvalue weighted by molar-refractivity contribution is -0.0230. The van der Waals surface area contributed by atoms with Gasteiger partial charge in [0, 0.05) is 6.54 Å². The smallest absolute Gasteiger partial charge is 0.272 e. The second-order valence-electron chi connectivity index (χ2n) is 6.39. The van der Waals surface area contributed by atoms with Crippen molar-refractivity contribution in [3.63, 3.8) is 0 Å². The van der Waals surface area contributed by atoms with Gasteiger partial charge in [-0.1, -0.05) is 42.5 Å². The molecule has 1 aliphatic rings. The van der Waals surface area contributed by atoms with Crippen LogP contribution in [-0.4, -0.2) is 40.7 Å². The van der Waals surface area contributed by atoms with Gasteiger partial charge >= 0.3 is 0 Å². The van der Waals surface area contributed by atoms with Crippen LogP contribution in [0.1, 0.15) is 22.2 Å². The summed E-state index contributed by atoms with van der Waals surface area (Å²) in [6.45, 7) is 1.24. The molecule has 3 N–H and O–H groups in total. The van der Waals surface area contributed by atoms with Crippen LogP contribution >= 0.6 is 0 Å². The Morgan fingerprint density at radius 2 is 1.93 bits per heavy atom. The summed E-state index contributed by atoms with van der Waals surface area (Å²) in [5, 5.41) is 6.80. The Morgan fingerprint density at radius 3 is 2.67 bits per heavy atom. The van der Waals surface area contributed by atoms with Crippen LogP contribution < -0.4 is 5.73 Å². The number of amides is 1. The number of aromatic nitrogens is 2. The van der Waals surface area contributed by atoms with E-state index in [0.717, 1.165) is 11.1 Å². The van der Waals surface area contributed by atoms with E-state index in [9.17, 15) is 9.18 Å². The number of carbonyl (C=O) groups is 1. The monoisotopic (exact) mass is 366 g/mol. The van der Waals surface area contributed by atoms with Gasteiger partial charge in [0.1, 0.15) is 17.6 Å². The van der Waals surface area contributed by atoms with E-state index in [1.165, 1.54) is 12.1 Å². The van der Waals surface area contributed by atoms with Crippen LogP contribution in [0.4, 0.5) is 10.2 Å². The number of rotatable bonds is 3. The average Bonchev–Trinajstić information content (AvgIpc) is 3.10. The number of H-pyrrole nitrogens is 1. The number of nitrogens with one attached hydrogen (secondary N) is 1. The molecule has 1 amide bonds.